The van der Waals surface area contributed by atoms with Gasteiger partial charge in [-0.15, -0.1) is 12.4 Å². The summed E-state index contributed by atoms with van der Waals surface area (Å²) in [6.07, 6.45) is 3.26. The molecule has 1 atom stereocenters. The summed E-state index contributed by atoms with van der Waals surface area (Å²) < 4.78 is 41.7. The van der Waals surface area contributed by atoms with Crippen LogP contribution in [0.25, 0.3) is 10.8 Å². The van der Waals surface area contributed by atoms with Crippen molar-refractivity contribution in [1.29, 1.82) is 0 Å². The van der Waals surface area contributed by atoms with E-state index in [1.807, 2.05) is 6.92 Å². The summed E-state index contributed by atoms with van der Waals surface area (Å²) in [7, 11) is -3.76. The molecule has 7 nitrogen and oxygen atoms in total. The lowest BCUT2D eigenvalue weighted by atomic mass is 10.2. The summed E-state index contributed by atoms with van der Waals surface area (Å²) in [4.78, 5) is 3.80. The molecular formula is C15H23ClFN3O4S. The Kier molecular flexibility index (Phi) is 8.86. The minimum Gasteiger partial charge on any atom is -0.412 e. The molecule has 0 saturated carbocycles. The van der Waals surface area contributed by atoms with Crippen LogP contribution in [0.5, 0.6) is 0 Å². The Morgan fingerprint density at radius 1 is 1.28 bits per heavy atom. The maximum atomic E-state index is 14.2. The Bertz CT molecular complexity index is 801. The highest BCUT2D eigenvalue weighted by Crippen LogP contribution is 2.28. The lowest BCUT2D eigenvalue weighted by molar-refractivity contribution is 0.353. The maximum absolute atomic E-state index is 14.2. The van der Waals surface area contributed by atoms with Gasteiger partial charge in [-0.3, -0.25) is 4.98 Å². The predicted molar refractivity (Wildman–Crippen MR) is 97.0 cm³/mol. The van der Waals surface area contributed by atoms with Crippen molar-refractivity contribution in [2.45, 2.75) is 24.3 Å². The Balaban J connectivity index is 0.00000192. The monoisotopic (exact) mass is 395 g/mol. The van der Waals surface area contributed by atoms with Crippen molar-refractivity contribution in [3.05, 3.63) is 36.4 Å². The van der Waals surface area contributed by atoms with Crippen LogP contribution < -0.4 is 5.32 Å². The predicted octanol–water partition coefficient (Wildman–Crippen LogP) is 0.519. The molecule has 2 heterocycles. The van der Waals surface area contributed by atoms with Gasteiger partial charge in [-0.05, 0) is 26.0 Å². The van der Waals surface area contributed by atoms with Crippen molar-refractivity contribution in [3.63, 3.8) is 0 Å². The topological polar surface area (TPSA) is 125 Å². The fourth-order valence-electron chi connectivity index (χ4n) is 2.85. The number of sulfonamides is 1. The Hall–Kier alpha value is -1.36. The molecule has 142 valence electrons. The third kappa shape index (κ3) is 4.43. The van der Waals surface area contributed by atoms with Gasteiger partial charge in [-0.1, -0.05) is 12.1 Å². The van der Waals surface area contributed by atoms with Gasteiger partial charge in [0, 0.05) is 36.1 Å². The highest BCUT2D eigenvalue weighted by Gasteiger charge is 2.31. The molecule has 0 unspecified atom stereocenters. The molecule has 25 heavy (non-hydrogen) atoms. The second-order valence-electron chi connectivity index (χ2n) is 5.50. The number of fused-ring (bicyclic) bond motifs is 1. The minimum atomic E-state index is -3.76. The van der Waals surface area contributed by atoms with Gasteiger partial charge in [0.25, 0.3) is 0 Å². The van der Waals surface area contributed by atoms with Crippen LogP contribution in [0.1, 0.15) is 13.3 Å². The number of halogens is 2. The van der Waals surface area contributed by atoms with E-state index < -0.39 is 15.8 Å². The van der Waals surface area contributed by atoms with E-state index in [1.54, 1.807) is 12.1 Å². The van der Waals surface area contributed by atoms with E-state index in [9.17, 15) is 12.8 Å². The molecule has 0 amide bonds. The molecule has 5 N–H and O–H groups in total. The Morgan fingerprint density at radius 2 is 2.00 bits per heavy atom. The van der Waals surface area contributed by atoms with Gasteiger partial charge in [0.05, 0.1) is 11.1 Å². The molecule has 2 aromatic rings. The van der Waals surface area contributed by atoms with Crippen LogP contribution in [0.4, 0.5) is 4.39 Å². The SMILES string of the molecule is C[C@@H]1CNCCCN1S(=O)(=O)c1cccc2cncc(F)c12.Cl.O.O. The molecule has 1 aromatic carbocycles. The molecule has 0 radical (unpaired) electrons. The van der Waals surface area contributed by atoms with Crippen molar-refractivity contribution < 1.29 is 23.8 Å². The van der Waals surface area contributed by atoms with Crippen molar-refractivity contribution in [2.24, 2.45) is 0 Å². The highest BCUT2D eigenvalue weighted by atomic mass is 35.5. The van der Waals surface area contributed by atoms with E-state index in [1.165, 1.54) is 16.6 Å². The molecule has 1 aliphatic rings. The molecule has 0 aliphatic carbocycles. The quantitative estimate of drug-likeness (QED) is 0.795. The largest absolute Gasteiger partial charge is 0.412 e. The van der Waals surface area contributed by atoms with Crippen LogP contribution in [-0.2, 0) is 10.0 Å². The minimum absolute atomic E-state index is 0. The molecule has 1 saturated heterocycles. The average Bonchev–Trinajstić information content (AvgIpc) is 2.72. The molecule has 1 fully saturated rings. The standard InChI is InChI=1S/C15H18FN3O2S.ClH.2H2O/c1-11-8-17-6-3-7-19(11)22(20,21)14-5-2-4-12-9-18-10-13(16)15(12)14;;;/h2,4-5,9-11,17H,3,6-8H2,1H3;1H;2*1H2/t11-;;;/m1.../s1. The Morgan fingerprint density at radius 3 is 2.72 bits per heavy atom. The zero-order valence-corrected chi connectivity index (χ0v) is 15.3. The van der Waals surface area contributed by atoms with Gasteiger partial charge in [-0.2, -0.15) is 4.31 Å². The zero-order valence-electron chi connectivity index (χ0n) is 13.7. The third-order valence-corrected chi connectivity index (χ3v) is 6.00. The molecular weight excluding hydrogens is 373 g/mol. The second kappa shape index (κ2) is 9.37. The van der Waals surface area contributed by atoms with Gasteiger partial charge in [0.15, 0.2) is 5.82 Å². The number of pyridine rings is 1. The fraction of sp³-hybridized carbons (Fsp3) is 0.400. The summed E-state index contributed by atoms with van der Waals surface area (Å²) in [5.74, 6) is -0.614. The third-order valence-electron chi connectivity index (χ3n) is 3.95. The van der Waals surface area contributed by atoms with Crippen molar-refractivity contribution in [3.8, 4) is 0 Å². The summed E-state index contributed by atoms with van der Waals surface area (Å²) in [5.41, 5.74) is 0. The number of rotatable bonds is 2. The van der Waals surface area contributed by atoms with Crippen LogP contribution in [0.15, 0.2) is 35.5 Å². The lowest BCUT2D eigenvalue weighted by Crippen LogP contribution is -2.41. The van der Waals surface area contributed by atoms with E-state index in [-0.39, 0.29) is 39.7 Å². The lowest BCUT2D eigenvalue weighted by Gasteiger charge is -2.26. The van der Waals surface area contributed by atoms with Crippen LogP contribution in [-0.4, -0.2) is 54.3 Å². The fourth-order valence-corrected chi connectivity index (χ4v) is 4.74. The maximum Gasteiger partial charge on any atom is 0.244 e. The summed E-state index contributed by atoms with van der Waals surface area (Å²) in [6, 6.07) is 4.58. The zero-order chi connectivity index (χ0) is 15.7. The number of hydrogen-bond donors (Lipinski definition) is 1. The van der Waals surface area contributed by atoms with Gasteiger partial charge in [-0.25, -0.2) is 12.8 Å². The molecule has 3 rings (SSSR count). The van der Waals surface area contributed by atoms with Gasteiger partial charge >= 0.3 is 0 Å². The van der Waals surface area contributed by atoms with E-state index in [0.29, 0.717) is 18.5 Å². The number of hydrogen-bond acceptors (Lipinski definition) is 4. The van der Waals surface area contributed by atoms with Gasteiger partial charge in [0.2, 0.25) is 10.0 Å². The smallest absolute Gasteiger partial charge is 0.244 e. The summed E-state index contributed by atoms with van der Waals surface area (Å²) >= 11 is 0. The first-order valence-electron chi connectivity index (χ1n) is 7.26. The van der Waals surface area contributed by atoms with Gasteiger partial charge < -0.3 is 16.3 Å². The van der Waals surface area contributed by atoms with Crippen LogP contribution in [0, 0.1) is 5.82 Å². The van der Waals surface area contributed by atoms with Crippen LogP contribution in [0.2, 0.25) is 0 Å². The van der Waals surface area contributed by atoms with Gasteiger partial charge in [0.1, 0.15) is 0 Å². The van der Waals surface area contributed by atoms with Crippen LogP contribution >= 0.6 is 12.4 Å². The van der Waals surface area contributed by atoms with Crippen molar-refractivity contribution in [2.75, 3.05) is 19.6 Å². The normalized spacial score (nSPS) is 18.4. The summed E-state index contributed by atoms with van der Waals surface area (Å²) in [6.45, 7) is 3.66. The molecule has 1 aliphatic heterocycles. The number of aromatic nitrogens is 1. The van der Waals surface area contributed by atoms with E-state index >= 15 is 0 Å². The first kappa shape index (κ1) is 23.6. The highest BCUT2D eigenvalue weighted by molar-refractivity contribution is 7.89. The summed E-state index contributed by atoms with van der Waals surface area (Å²) in [5, 5.41) is 3.81. The van der Waals surface area contributed by atoms with Crippen molar-refractivity contribution in [1.82, 2.24) is 14.6 Å². The Labute approximate surface area is 152 Å². The number of benzene rings is 1. The first-order valence-corrected chi connectivity index (χ1v) is 8.70. The van der Waals surface area contributed by atoms with E-state index in [2.05, 4.69) is 10.3 Å². The number of nitrogens with one attached hydrogen (secondary N) is 1. The number of nitrogens with zero attached hydrogens (tertiary/aromatic N) is 2. The first-order chi connectivity index (χ1) is 10.5. The van der Waals surface area contributed by atoms with Crippen LogP contribution in [0.3, 0.4) is 0 Å². The molecule has 1 aromatic heterocycles. The van der Waals surface area contributed by atoms with Crippen molar-refractivity contribution >= 4 is 33.2 Å². The molecule has 0 spiro atoms. The van der Waals surface area contributed by atoms with E-state index in [4.69, 9.17) is 0 Å². The van der Waals surface area contributed by atoms with E-state index in [0.717, 1.165) is 19.2 Å². The second-order valence-corrected chi connectivity index (χ2v) is 7.36. The average molecular weight is 396 g/mol. The molecule has 0 bridgehead atoms. The molecule has 10 heteroatoms.